The molecule has 1 rings (SSSR count). The van der Waals surface area contributed by atoms with E-state index in [1.54, 1.807) is 6.92 Å². The lowest BCUT2D eigenvalue weighted by atomic mass is 9.92. The zero-order valence-corrected chi connectivity index (χ0v) is 13.0. The number of alkyl halides is 3. The standard InChI is InChI=1S/C15H21F3N2O3/c1-14(9-21,10-22)8-20(2)13(23)19-12-6-4-3-5-11(12)7-15(16,17)18/h3-6,21-22H,7-10H2,1-2H3,(H,19,23). The van der Waals surface area contributed by atoms with Crippen LogP contribution in [0.5, 0.6) is 0 Å². The van der Waals surface area contributed by atoms with E-state index in [0.717, 1.165) is 0 Å². The SMILES string of the molecule is CN(CC(C)(CO)CO)C(=O)Nc1ccccc1CC(F)(F)F. The molecular weight excluding hydrogens is 313 g/mol. The molecule has 0 radical (unpaired) electrons. The minimum absolute atomic E-state index is 0.0335. The molecule has 0 aliphatic rings. The lowest BCUT2D eigenvalue weighted by molar-refractivity contribution is -0.127. The number of nitrogens with zero attached hydrogens (tertiary/aromatic N) is 1. The van der Waals surface area contributed by atoms with Gasteiger partial charge in [-0.25, -0.2) is 4.79 Å². The quantitative estimate of drug-likeness (QED) is 0.747. The summed E-state index contributed by atoms with van der Waals surface area (Å²) in [4.78, 5) is 13.3. The van der Waals surface area contributed by atoms with E-state index in [1.165, 1.54) is 36.2 Å². The van der Waals surface area contributed by atoms with Crippen molar-refractivity contribution in [1.82, 2.24) is 4.90 Å². The number of carbonyl (C=O) groups is 1. The van der Waals surface area contributed by atoms with Crippen molar-refractivity contribution in [3.63, 3.8) is 0 Å². The molecular formula is C15H21F3N2O3. The minimum atomic E-state index is -4.38. The molecule has 0 heterocycles. The number of hydrogen-bond acceptors (Lipinski definition) is 3. The Labute approximate surface area is 132 Å². The largest absolute Gasteiger partial charge is 0.396 e. The summed E-state index contributed by atoms with van der Waals surface area (Å²) >= 11 is 0. The topological polar surface area (TPSA) is 72.8 Å². The van der Waals surface area contributed by atoms with Gasteiger partial charge in [0.1, 0.15) is 0 Å². The Morgan fingerprint density at radius 2 is 1.78 bits per heavy atom. The predicted molar refractivity (Wildman–Crippen MR) is 80.1 cm³/mol. The molecule has 1 aromatic carbocycles. The number of halogens is 3. The van der Waals surface area contributed by atoms with Crippen LogP contribution in [0.1, 0.15) is 12.5 Å². The van der Waals surface area contributed by atoms with E-state index in [2.05, 4.69) is 5.32 Å². The number of nitrogens with one attached hydrogen (secondary N) is 1. The zero-order chi connectivity index (χ0) is 17.7. The highest BCUT2D eigenvalue weighted by Gasteiger charge is 2.30. The summed E-state index contributed by atoms with van der Waals surface area (Å²) in [6, 6.07) is 5.07. The van der Waals surface area contributed by atoms with Gasteiger partial charge in [-0.3, -0.25) is 0 Å². The van der Waals surface area contributed by atoms with Crippen molar-refractivity contribution in [1.29, 1.82) is 0 Å². The van der Waals surface area contributed by atoms with Gasteiger partial charge in [-0.05, 0) is 11.6 Å². The Hall–Kier alpha value is -1.80. The average molecular weight is 334 g/mol. The Morgan fingerprint density at radius 3 is 2.30 bits per heavy atom. The molecule has 0 spiro atoms. The van der Waals surface area contributed by atoms with Gasteiger partial charge in [-0.15, -0.1) is 0 Å². The highest BCUT2D eigenvalue weighted by Crippen LogP contribution is 2.26. The van der Waals surface area contributed by atoms with Crippen LogP contribution in [0, 0.1) is 5.41 Å². The van der Waals surface area contributed by atoms with Gasteiger partial charge in [0.2, 0.25) is 0 Å². The lowest BCUT2D eigenvalue weighted by Crippen LogP contribution is -2.43. The Kier molecular flexibility index (Phi) is 6.40. The Bertz CT molecular complexity index is 531. The zero-order valence-electron chi connectivity index (χ0n) is 13.0. The molecule has 0 bridgehead atoms. The number of para-hydroxylation sites is 1. The molecule has 0 fully saturated rings. The third kappa shape index (κ3) is 6.07. The van der Waals surface area contributed by atoms with Crippen LogP contribution in [0.4, 0.5) is 23.7 Å². The van der Waals surface area contributed by atoms with Gasteiger partial charge in [-0.1, -0.05) is 25.1 Å². The number of amides is 2. The van der Waals surface area contributed by atoms with Gasteiger partial charge >= 0.3 is 12.2 Å². The maximum atomic E-state index is 12.6. The van der Waals surface area contributed by atoms with Gasteiger partial charge < -0.3 is 20.4 Å². The molecule has 1 aromatic rings. The van der Waals surface area contributed by atoms with Crippen molar-refractivity contribution in [2.45, 2.75) is 19.5 Å². The number of carbonyl (C=O) groups excluding carboxylic acids is 1. The lowest BCUT2D eigenvalue weighted by Gasteiger charge is -2.30. The van der Waals surface area contributed by atoms with Gasteiger partial charge in [0.05, 0.1) is 19.6 Å². The Morgan fingerprint density at radius 1 is 1.22 bits per heavy atom. The maximum Gasteiger partial charge on any atom is 0.393 e. The number of aliphatic hydroxyl groups is 2. The van der Waals surface area contributed by atoms with Crippen molar-refractivity contribution in [3.8, 4) is 0 Å². The van der Waals surface area contributed by atoms with Crippen LogP contribution in [0.2, 0.25) is 0 Å². The summed E-state index contributed by atoms with van der Waals surface area (Å²) in [7, 11) is 1.44. The van der Waals surface area contributed by atoms with Gasteiger partial charge in [-0.2, -0.15) is 13.2 Å². The first kappa shape index (κ1) is 19.2. The van der Waals surface area contributed by atoms with E-state index in [9.17, 15) is 28.2 Å². The molecule has 0 aromatic heterocycles. The fraction of sp³-hybridized carbons (Fsp3) is 0.533. The highest BCUT2D eigenvalue weighted by molar-refractivity contribution is 5.90. The van der Waals surface area contributed by atoms with Crippen molar-refractivity contribution in [2.75, 3.05) is 32.1 Å². The third-order valence-corrected chi connectivity index (χ3v) is 3.38. The molecule has 130 valence electrons. The maximum absolute atomic E-state index is 12.6. The summed E-state index contributed by atoms with van der Waals surface area (Å²) in [5, 5.41) is 20.9. The summed E-state index contributed by atoms with van der Waals surface area (Å²) in [6.45, 7) is 0.985. The molecule has 3 N–H and O–H groups in total. The molecule has 5 nitrogen and oxygen atoms in total. The Balaban J connectivity index is 2.81. The van der Waals surface area contributed by atoms with Crippen LogP contribution in [0.15, 0.2) is 24.3 Å². The number of hydrogen-bond donors (Lipinski definition) is 3. The molecule has 0 unspecified atom stereocenters. The second kappa shape index (κ2) is 7.65. The van der Waals surface area contributed by atoms with E-state index < -0.39 is 24.0 Å². The number of anilines is 1. The van der Waals surface area contributed by atoms with Gasteiger partial charge in [0.15, 0.2) is 0 Å². The fourth-order valence-electron chi connectivity index (χ4n) is 2.02. The van der Waals surface area contributed by atoms with Crippen molar-refractivity contribution in [2.24, 2.45) is 5.41 Å². The molecule has 2 amide bonds. The van der Waals surface area contributed by atoms with E-state index in [-0.39, 0.29) is 31.0 Å². The van der Waals surface area contributed by atoms with Crippen LogP contribution < -0.4 is 5.32 Å². The van der Waals surface area contributed by atoms with Crippen LogP contribution in [0.25, 0.3) is 0 Å². The monoisotopic (exact) mass is 334 g/mol. The number of aliphatic hydroxyl groups excluding tert-OH is 2. The smallest absolute Gasteiger partial charge is 0.393 e. The third-order valence-electron chi connectivity index (χ3n) is 3.38. The second-order valence-electron chi connectivity index (χ2n) is 5.86. The molecule has 0 saturated heterocycles. The summed E-state index contributed by atoms with van der Waals surface area (Å²) in [5.74, 6) is 0. The van der Waals surface area contributed by atoms with Crippen molar-refractivity contribution >= 4 is 11.7 Å². The number of rotatable bonds is 6. The predicted octanol–water partition coefficient (Wildman–Crippen LogP) is 2.25. The first-order valence-electron chi connectivity index (χ1n) is 6.99. The summed E-state index contributed by atoms with van der Waals surface area (Å²) < 4.78 is 37.7. The van der Waals surface area contributed by atoms with Crippen LogP contribution in [-0.2, 0) is 6.42 Å². The molecule has 0 aliphatic carbocycles. The van der Waals surface area contributed by atoms with E-state index in [0.29, 0.717) is 0 Å². The van der Waals surface area contributed by atoms with Crippen LogP contribution in [0.3, 0.4) is 0 Å². The summed E-state index contributed by atoms with van der Waals surface area (Å²) in [6.07, 6.45) is -5.52. The first-order chi connectivity index (χ1) is 10.6. The normalized spacial score (nSPS) is 12.1. The van der Waals surface area contributed by atoms with E-state index in [1.807, 2.05) is 0 Å². The van der Waals surface area contributed by atoms with E-state index >= 15 is 0 Å². The highest BCUT2D eigenvalue weighted by atomic mass is 19.4. The van der Waals surface area contributed by atoms with Crippen LogP contribution in [-0.4, -0.2) is 54.1 Å². The molecule has 0 atom stereocenters. The minimum Gasteiger partial charge on any atom is -0.396 e. The average Bonchev–Trinajstić information content (AvgIpc) is 2.47. The molecule has 23 heavy (non-hydrogen) atoms. The van der Waals surface area contributed by atoms with E-state index in [4.69, 9.17) is 0 Å². The number of benzene rings is 1. The molecule has 8 heteroatoms. The van der Waals surface area contributed by atoms with Crippen molar-refractivity contribution in [3.05, 3.63) is 29.8 Å². The first-order valence-corrected chi connectivity index (χ1v) is 6.99. The van der Waals surface area contributed by atoms with Crippen LogP contribution >= 0.6 is 0 Å². The fourth-order valence-corrected chi connectivity index (χ4v) is 2.02. The summed E-state index contributed by atoms with van der Waals surface area (Å²) in [5.41, 5.74) is -0.845. The van der Waals surface area contributed by atoms with Gasteiger partial charge in [0.25, 0.3) is 0 Å². The molecule has 0 aliphatic heterocycles. The second-order valence-corrected chi connectivity index (χ2v) is 5.86. The molecule has 0 saturated carbocycles. The number of urea groups is 1. The van der Waals surface area contributed by atoms with Crippen molar-refractivity contribution < 1.29 is 28.2 Å². The van der Waals surface area contributed by atoms with Gasteiger partial charge in [0, 0.05) is 24.7 Å².